The Labute approximate surface area is 186 Å². The third-order valence-electron chi connectivity index (χ3n) is 5.49. The van der Waals surface area contributed by atoms with Crippen molar-refractivity contribution in [3.8, 4) is 22.8 Å². The number of rotatable bonds is 10. The van der Waals surface area contributed by atoms with E-state index in [0.717, 1.165) is 35.6 Å². The molecule has 0 spiro atoms. The fraction of sp³-hybridized carbons (Fsp3) is 0.423. The first-order valence-electron chi connectivity index (χ1n) is 11.2. The van der Waals surface area contributed by atoms with Crippen molar-refractivity contribution in [2.45, 2.75) is 64.9 Å². The lowest BCUT2D eigenvalue weighted by atomic mass is 9.90. The minimum Gasteiger partial charge on any atom is -0.496 e. The molecule has 5 nitrogen and oxygen atoms in total. The van der Waals surface area contributed by atoms with Gasteiger partial charge >= 0.3 is 0 Å². The maximum atomic E-state index is 6.25. The predicted molar refractivity (Wildman–Crippen MR) is 126 cm³/mol. The van der Waals surface area contributed by atoms with Crippen LogP contribution >= 0.6 is 0 Å². The molecule has 1 aromatic heterocycles. The normalized spacial score (nSPS) is 10.7. The molecule has 166 valence electrons. The van der Waals surface area contributed by atoms with E-state index >= 15 is 0 Å². The van der Waals surface area contributed by atoms with Crippen LogP contribution in [0.3, 0.4) is 0 Å². The third-order valence-corrected chi connectivity index (χ3v) is 5.49. The van der Waals surface area contributed by atoms with Gasteiger partial charge in [0, 0.05) is 5.56 Å². The van der Waals surface area contributed by atoms with Gasteiger partial charge < -0.3 is 9.47 Å². The molecule has 0 N–H and O–H groups in total. The van der Waals surface area contributed by atoms with Crippen molar-refractivity contribution in [1.82, 2.24) is 15.4 Å². The van der Waals surface area contributed by atoms with E-state index in [0.29, 0.717) is 0 Å². The maximum Gasteiger partial charge on any atom is 0.128 e. The van der Waals surface area contributed by atoms with E-state index in [-0.39, 0.29) is 5.60 Å². The van der Waals surface area contributed by atoms with Crippen molar-refractivity contribution >= 4 is 0 Å². The minimum atomic E-state index is 0.0382. The minimum absolute atomic E-state index is 0.0382. The van der Waals surface area contributed by atoms with Crippen LogP contribution in [0.25, 0.3) is 11.3 Å². The zero-order valence-corrected chi connectivity index (χ0v) is 19.3. The van der Waals surface area contributed by atoms with E-state index in [2.05, 4.69) is 48.3 Å². The quantitative estimate of drug-likeness (QED) is 0.339. The van der Waals surface area contributed by atoms with Crippen molar-refractivity contribution in [3.05, 3.63) is 66.9 Å². The number of methoxy groups -OCH3 is 1. The van der Waals surface area contributed by atoms with Crippen LogP contribution in [-0.2, 0) is 0 Å². The summed E-state index contributed by atoms with van der Waals surface area (Å²) in [6.07, 6.45) is 8.79. The molecule has 0 unspecified atom stereocenters. The van der Waals surface area contributed by atoms with E-state index in [4.69, 9.17) is 9.47 Å². The lowest BCUT2D eigenvalue weighted by Gasteiger charge is -2.33. The number of unbranched alkanes of at least 4 members (excludes halogenated alkanes) is 2. The molecule has 5 heteroatoms. The van der Waals surface area contributed by atoms with Gasteiger partial charge in [-0.05, 0) is 61.2 Å². The van der Waals surface area contributed by atoms with Gasteiger partial charge in [0.2, 0.25) is 0 Å². The zero-order valence-electron chi connectivity index (χ0n) is 19.3. The van der Waals surface area contributed by atoms with Crippen molar-refractivity contribution in [3.63, 3.8) is 0 Å². The molecular formula is C26H35N3O2. The molecule has 2 aromatic carbocycles. The van der Waals surface area contributed by atoms with Crippen LogP contribution in [0.15, 0.2) is 66.9 Å². The highest BCUT2D eigenvalue weighted by Gasteiger charge is 2.27. The number of benzene rings is 2. The Balaban J connectivity index is 0.000000224. The average molecular weight is 422 g/mol. The maximum absolute atomic E-state index is 6.25. The summed E-state index contributed by atoms with van der Waals surface area (Å²) in [4.78, 5) is 0. The second-order valence-corrected chi connectivity index (χ2v) is 7.47. The Morgan fingerprint density at radius 2 is 1.55 bits per heavy atom. The van der Waals surface area contributed by atoms with Crippen LogP contribution < -0.4 is 9.47 Å². The molecule has 0 amide bonds. The second-order valence-electron chi connectivity index (χ2n) is 7.47. The zero-order chi connectivity index (χ0) is 22.4. The largest absolute Gasteiger partial charge is 0.496 e. The molecule has 0 saturated carbocycles. The highest BCUT2D eigenvalue weighted by Crippen LogP contribution is 2.30. The Morgan fingerprint density at radius 1 is 0.839 bits per heavy atom. The topological polar surface area (TPSA) is 57.1 Å². The van der Waals surface area contributed by atoms with Gasteiger partial charge in [0.15, 0.2) is 0 Å². The summed E-state index contributed by atoms with van der Waals surface area (Å²) < 4.78 is 11.5. The molecule has 1 heterocycles. The lowest BCUT2D eigenvalue weighted by Crippen LogP contribution is -2.34. The number of hydrogen-bond donors (Lipinski definition) is 0. The monoisotopic (exact) mass is 421 g/mol. The Kier molecular flexibility index (Phi) is 10.5. The summed E-state index contributed by atoms with van der Waals surface area (Å²) >= 11 is 0. The molecule has 31 heavy (non-hydrogen) atoms. The average Bonchev–Trinajstić information content (AvgIpc) is 2.85. The molecule has 0 atom stereocenters. The van der Waals surface area contributed by atoms with E-state index in [9.17, 15) is 0 Å². The van der Waals surface area contributed by atoms with Gasteiger partial charge in [0.1, 0.15) is 22.8 Å². The molecule has 0 radical (unpaired) electrons. The molecule has 0 saturated heterocycles. The highest BCUT2D eigenvalue weighted by molar-refractivity contribution is 5.66. The van der Waals surface area contributed by atoms with Gasteiger partial charge in [-0.2, -0.15) is 0 Å². The van der Waals surface area contributed by atoms with Gasteiger partial charge in [-0.3, -0.25) is 0 Å². The highest BCUT2D eigenvalue weighted by atomic mass is 16.5. The number of ether oxygens (including phenoxy) is 2. The van der Waals surface area contributed by atoms with Crippen LogP contribution in [-0.4, -0.2) is 28.1 Å². The van der Waals surface area contributed by atoms with Gasteiger partial charge in [0.05, 0.1) is 13.3 Å². The standard InChI is InChI=1S/C16H26O.C10H9N3O/c1-4-7-11-14-16(5-2,6-3)17-15-12-9-8-10-13-15;1-14-10-5-3-2-4-8(10)9-6-7-11-13-12-9/h8-10,12-13H,4-7,11,14H2,1-3H3;2-7H,1H3. The van der Waals surface area contributed by atoms with E-state index < -0.39 is 0 Å². The van der Waals surface area contributed by atoms with Crippen molar-refractivity contribution < 1.29 is 9.47 Å². The first-order chi connectivity index (χ1) is 15.2. The number of hydrogen-bond acceptors (Lipinski definition) is 5. The number of para-hydroxylation sites is 2. The number of aromatic nitrogens is 3. The molecule has 0 fully saturated rings. The SMILES string of the molecule is CCCCCC(CC)(CC)Oc1ccccc1.COc1ccccc1-c1ccnnn1. The van der Waals surface area contributed by atoms with Crippen LogP contribution in [0.2, 0.25) is 0 Å². The first-order valence-corrected chi connectivity index (χ1v) is 11.2. The molecule has 0 aliphatic carbocycles. The molecule has 0 aliphatic rings. The first kappa shape index (κ1) is 24.3. The van der Waals surface area contributed by atoms with Crippen molar-refractivity contribution in [1.29, 1.82) is 0 Å². The molecule has 3 aromatic rings. The molecule has 0 aliphatic heterocycles. The van der Waals surface area contributed by atoms with Crippen LogP contribution in [0, 0.1) is 0 Å². The van der Waals surface area contributed by atoms with Gasteiger partial charge in [-0.15, -0.1) is 10.2 Å². The van der Waals surface area contributed by atoms with Crippen LogP contribution in [0.5, 0.6) is 11.5 Å². The number of nitrogens with zero attached hydrogens (tertiary/aromatic N) is 3. The second kappa shape index (κ2) is 13.4. The van der Waals surface area contributed by atoms with Gasteiger partial charge in [0.25, 0.3) is 0 Å². The summed E-state index contributed by atoms with van der Waals surface area (Å²) in [6.45, 7) is 6.72. The summed E-state index contributed by atoms with van der Waals surface area (Å²) in [5.41, 5.74) is 1.72. The summed E-state index contributed by atoms with van der Waals surface area (Å²) in [7, 11) is 1.63. The third kappa shape index (κ3) is 7.67. The van der Waals surface area contributed by atoms with Gasteiger partial charge in [-0.1, -0.05) is 63.9 Å². The predicted octanol–water partition coefficient (Wildman–Crippen LogP) is 6.75. The Morgan fingerprint density at radius 3 is 2.16 bits per heavy atom. The van der Waals surface area contributed by atoms with Crippen LogP contribution in [0.1, 0.15) is 59.3 Å². The molecule has 3 rings (SSSR count). The Bertz CT molecular complexity index is 853. The van der Waals surface area contributed by atoms with Crippen LogP contribution in [0.4, 0.5) is 0 Å². The van der Waals surface area contributed by atoms with E-state index in [1.165, 1.54) is 25.7 Å². The van der Waals surface area contributed by atoms with Crippen molar-refractivity contribution in [2.24, 2.45) is 0 Å². The van der Waals surface area contributed by atoms with E-state index in [1.807, 2.05) is 42.5 Å². The fourth-order valence-electron chi connectivity index (χ4n) is 3.48. The molecular weight excluding hydrogens is 386 g/mol. The van der Waals surface area contributed by atoms with Crippen molar-refractivity contribution in [2.75, 3.05) is 7.11 Å². The smallest absolute Gasteiger partial charge is 0.128 e. The lowest BCUT2D eigenvalue weighted by molar-refractivity contribution is 0.0484. The summed E-state index contributed by atoms with van der Waals surface area (Å²) in [5, 5.41) is 11.1. The van der Waals surface area contributed by atoms with Gasteiger partial charge in [-0.25, -0.2) is 0 Å². The summed E-state index contributed by atoms with van der Waals surface area (Å²) in [5.74, 6) is 1.79. The Hall–Kier alpha value is -2.95. The molecule has 0 bridgehead atoms. The fourth-order valence-corrected chi connectivity index (χ4v) is 3.48. The summed E-state index contributed by atoms with van der Waals surface area (Å²) in [6, 6.07) is 19.7. The van der Waals surface area contributed by atoms with E-state index in [1.54, 1.807) is 19.4 Å².